The Bertz CT molecular complexity index is 790. The van der Waals surface area contributed by atoms with Crippen molar-refractivity contribution in [3.63, 3.8) is 0 Å². The molecule has 1 aliphatic carbocycles. The average molecular weight is 395 g/mol. The van der Waals surface area contributed by atoms with Crippen molar-refractivity contribution < 1.29 is 18.3 Å². The quantitative estimate of drug-likeness (QED) is 0.820. The van der Waals surface area contributed by atoms with Gasteiger partial charge < -0.3 is 10.4 Å². The summed E-state index contributed by atoms with van der Waals surface area (Å²) in [7, 11) is -3.73. The third-order valence-corrected chi connectivity index (χ3v) is 7.94. The van der Waals surface area contributed by atoms with E-state index >= 15 is 0 Å². The van der Waals surface area contributed by atoms with E-state index in [1.54, 1.807) is 0 Å². The van der Waals surface area contributed by atoms with Crippen LogP contribution in [0, 0.1) is 20.8 Å². The lowest BCUT2D eigenvalue weighted by atomic mass is 9.93. The second-order valence-corrected chi connectivity index (χ2v) is 9.84. The number of carbonyl (C=O) groups excluding carboxylic acids is 1. The second kappa shape index (κ2) is 7.89. The highest BCUT2D eigenvalue weighted by atomic mass is 32.2. The Morgan fingerprint density at radius 3 is 2.26 bits per heavy atom. The Kier molecular flexibility index (Phi) is 5.93. The molecular weight excluding hydrogens is 364 g/mol. The number of hydrogen-bond donors (Lipinski definition) is 2. The van der Waals surface area contributed by atoms with Gasteiger partial charge in [-0.05, 0) is 70.4 Å². The molecule has 7 heteroatoms. The third-order valence-electron chi connectivity index (χ3n) is 5.72. The highest BCUT2D eigenvalue weighted by Crippen LogP contribution is 2.31. The van der Waals surface area contributed by atoms with Crippen LogP contribution < -0.4 is 5.32 Å². The molecule has 6 nitrogen and oxygen atoms in total. The molecule has 1 saturated heterocycles. The number of nitrogens with zero attached hydrogens (tertiary/aromatic N) is 1. The molecule has 0 bridgehead atoms. The molecule has 27 heavy (non-hydrogen) atoms. The summed E-state index contributed by atoms with van der Waals surface area (Å²) in [5.41, 5.74) is 2.47. The van der Waals surface area contributed by atoms with Crippen molar-refractivity contribution in [3.05, 3.63) is 28.8 Å². The lowest BCUT2D eigenvalue weighted by Gasteiger charge is -2.30. The lowest BCUT2D eigenvalue weighted by molar-refractivity contribution is -0.125. The fraction of sp³-hybridized carbons (Fsp3) is 0.650. The summed E-state index contributed by atoms with van der Waals surface area (Å²) in [5.74, 6) is -0.208. The van der Waals surface area contributed by atoms with Crippen LogP contribution in [0.3, 0.4) is 0 Å². The maximum Gasteiger partial charge on any atom is 0.244 e. The van der Waals surface area contributed by atoms with Gasteiger partial charge in [-0.15, -0.1) is 0 Å². The van der Waals surface area contributed by atoms with Crippen molar-refractivity contribution in [3.8, 4) is 0 Å². The van der Waals surface area contributed by atoms with E-state index in [9.17, 15) is 18.3 Å². The van der Waals surface area contributed by atoms with E-state index in [1.165, 1.54) is 4.31 Å². The Hall–Kier alpha value is -1.44. The maximum absolute atomic E-state index is 13.4. The molecule has 1 heterocycles. The summed E-state index contributed by atoms with van der Waals surface area (Å²) in [6, 6.07) is 3.12. The molecule has 1 unspecified atom stereocenters. The Labute approximate surface area is 162 Å². The summed E-state index contributed by atoms with van der Waals surface area (Å²) < 4.78 is 28.1. The Balaban J connectivity index is 1.80. The molecule has 2 N–H and O–H groups in total. The normalized spacial score (nSPS) is 26.9. The van der Waals surface area contributed by atoms with Crippen LogP contribution in [0.4, 0.5) is 0 Å². The number of aliphatic hydroxyl groups is 1. The second-order valence-electron chi connectivity index (χ2n) is 8.02. The fourth-order valence-corrected chi connectivity index (χ4v) is 6.57. The van der Waals surface area contributed by atoms with Gasteiger partial charge in [0.25, 0.3) is 0 Å². The van der Waals surface area contributed by atoms with Crippen molar-refractivity contribution in [1.82, 2.24) is 9.62 Å². The van der Waals surface area contributed by atoms with Crippen LogP contribution in [0.25, 0.3) is 0 Å². The van der Waals surface area contributed by atoms with E-state index in [0.717, 1.165) is 29.5 Å². The van der Waals surface area contributed by atoms with Crippen molar-refractivity contribution in [2.75, 3.05) is 6.54 Å². The van der Waals surface area contributed by atoms with Gasteiger partial charge >= 0.3 is 0 Å². The van der Waals surface area contributed by atoms with Gasteiger partial charge in [0.05, 0.1) is 11.0 Å². The van der Waals surface area contributed by atoms with E-state index in [-0.39, 0.29) is 18.1 Å². The summed E-state index contributed by atoms with van der Waals surface area (Å²) in [6.45, 7) is 5.94. The van der Waals surface area contributed by atoms with Crippen LogP contribution in [0.2, 0.25) is 0 Å². The molecule has 1 aliphatic heterocycles. The van der Waals surface area contributed by atoms with Crippen LogP contribution in [-0.2, 0) is 14.8 Å². The van der Waals surface area contributed by atoms with Crippen LogP contribution >= 0.6 is 0 Å². The number of aliphatic hydroxyl groups excluding tert-OH is 1. The predicted octanol–water partition coefficient (Wildman–Crippen LogP) is 2.18. The van der Waals surface area contributed by atoms with E-state index in [2.05, 4.69) is 5.32 Å². The first-order chi connectivity index (χ1) is 12.7. The lowest BCUT2D eigenvalue weighted by Crippen LogP contribution is -2.49. The largest absolute Gasteiger partial charge is 0.393 e. The molecule has 1 aromatic carbocycles. The van der Waals surface area contributed by atoms with E-state index in [4.69, 9.17) is 0 Å². The van der Waals surface area contributed by atoms with Crippen molar-refractivity contribution in [1.29, 1.82) is 0 Å². The predicted molar refractivity (Wildman–Crippen MR) is 104 cm³/mol. The number of nitrogens with one attached hydrogen (secondary N) is 1. The number of sulfonamides is 1. The number of rotatable bonds is 4. The monoisotopic (exact) mass is 394 g/mol. The van der Waals surface area contributed by atoms with Gasteiger partial charge in [-0.2, -0.15) is 4.31 Å². The van der Waals surface area contributed by atoms with Gasteiger partial charge in [-0.1, -0.05) is 17.7 Å². The summed E-state index contributed by atoms with van der Waals surface area (Å²) >= 11 is 0. The number of amides is 1. The molecular formula is C20H30N2O4S. The van der Waals surface area contributed by atoms with Gasteiger partial charge in [0.15, 0.2) is 0 Å². The standard InChI is InChI=1S/C20H30N2O4S/c1-13-11-14(2)19(15(3)12-13)27(25,26)22-10-4-5-18(22)20(24)21-16-6-8-17(23)9-7-16/h11-12,16-18,23H,4-10H2,1-3H3,(H,21,24). The zero-order valence-corrected chi connectivity index (χ0v) is 17.2. The Morgan fingerprint density at radius 2 is 1.67 bits per heavy atom. The van der Waals surface area contributed by atoms with Gasteiger partial charge in [-0.25, -0.2) is 8.42 Å². The van der Waals surface area contributed by atoms with Gasteiger partial charge in [0, 0.05) is 12.6 Å². The molecule has 1 atom stereocenters. The number of aryl methyl sites for hydroxylation is 3. The summed E-state index contributed by atoms with van der Waals surface area (Å²) in [5, 5.41) is 12.6. The van der Waals surface area contributed by atoms with E-state index < -0.39 is 16.1 Å². The first kappa shape index (κ1) is 20.3. The molecule has 1 aromatic rings. The third kappa shape index (κ3) is 4.20. The molecule has 0 spiro atoms. The molecule has 1 saturated carbocycles. The van der Waals surface area contributed by atoms with Crippen LogP contribution in [0.1, 0.15) is 55.2 Å². The fourth-order valence-electron chi connectivity index (χ4n) is 4.50. The SMILES string of the molecule is Cc1cc(C)c(S(=O)(=O)N2CCCC2C(=O)NC2CCC(O)CC2)c(C)c1. The molecule has 0 aromatic heterocycles. The minimum Gasteiger partial charge on any atom is -0.393 e. The van der Waals surface area contributed by atoms with Gasteiger partial charge in [0.1, 0.15) is 6.04 Å². The summed E-state index contributed by atoms with van der Waals surface area (Å²) in [4.78, 5) is 13.2. The highest BCUT2D eigenvalue weighted by molar-refractivity contribution is 7.89. The first-order valence-corrected chi connectivity index (χ1v) is 11.2. The van der Waals surface area contributed by atoms with Crippen molar-refractivity contribution >= 4 is 15.9 Å². The number of hydrogen-bond acceptors (Lipinski definition) is 4. The average Bonchev–Trinajstić information content (AvgIpc) is 3.06. The van der Waals surface area contributed by atoms with E-state index in [0.29, 0.717) is 37.1 Å². The van der Waals surface area contributed by atoms with Crippen LogP contribution in [-0.4, -0.2) is 48.5 Å². The minimum absolute atomic E-state index is 0.0221. The minimum atomic E-state index is -3.73. The Morgan fingerprint density at radius 1 is 1.07 bits per heavy atom. The molecule has 3 rings (SSSR count). The maximum atomic E-state index is 13.4. The van der Waals surface area contributed by atoms with E-state index in [1.807, 2.05) is 32.9 Å². The zero-order chi connectivity index (χ0) is 19.8. The van der Waals surface area contributed by atoms with Crippen LogP contribution in [0.5, 0.6) is 0 Å². The topological polar surface area (TPSA) is 86.7 Å². The van der Waals surface area contributed by atoms with Gasteiger partial charge in [-0.3, -0.25) is 4.79 Å². The highest BCUT2D eigenvalue weighted by Gasteiger charge is 2.41. The smallest absolute Gasteiger partial charge is 0.244 e. The molecule has 2 fully saturated rings. The first-order valence-electron chi connectivity index (χ1n) is 9.78. The number of carbonyl (C=O) groups is 1. The summed E-state index contributed by atoms with van der Waals surface area (Å²) in [6.07, 6.45) is 3.79. The number of benzene rings is 1. The van der Waals surface area contributed by atoms with Crippen molar-refractivity contribution in [2.24, 2.45) is 0 Å². The van der Waals surface area contributed by atoms with Gasteiger partial charge in [0.2, 0.25) is 15.9 Å². The molecule has 0 radical (unpaired) electrons. The van der Waals surface area contributed by atoms with Crippen molar-refractivity contribution in [2.45, 2.75) is 82.4 Å². The molecule has 150 valence electrons. The van der Waals surface area contributed by atoms with Crippen LogP contribution in [0.15, 0.2) is 17.0 Å². The zero-order valence-electron chi connectivity index (χ0n) is 16.4. The molecule has 2 aliphatic rings. The molecule has 1 amide bonds.